The zero-order valence-electron chi connectivity index (χ0n) is 10.2. The Bertz CT molecular complexity index is 192. The molecule has 16 heavy (non-hydrogen) atoms. The fraction of sp³-hybridized carbons (Fsp3) is 0.909. The van der Waals surface area contributed by atoms with Gasteiger partial charge in [-0.3, -0.25) is 4.79 Å². The van der Waals surface area contributed by atoms with E-state index >= 15 is 0 Å². The Hall–Kier alpha value is -0.650. The minimum atomic E-state index is -0.496. The quantitative estimate of drug-likeness (QED) is 0.383. The first-order valence-corrected chi connectivity index (χ1v) is 5.66. The minimum absolute atomic E-state index is 0.0611. The van der Waals surface area contributed by atoms with Gasteiger partial charge in [0.05, 0.1) is 19.8 Å². The Balaban J connectivity index is 3.49. The maximum absolute atomic E-state index is 11.0. The van der Waals surface area contributed by atoms with Crippen molar-refractivity contribution in [3.05, 3.63) is 0 Å². The van der Waals surface area contributed by atoms with Crippen molar-refractivity contribution in [1.29, 1.82) is 0 Å². The molecule has 0 aromatic rings. The molecule has 0 aliphatic carbocycles. The predicted octanol–water partition coefficient (Wildman–Crippen LogP) is -0.0898. The number of aliphatic hydroxyl groups is 2. The number of nitrogens with one attached hydrogen (secondary N) is 1. The molecule has 0 aliphatic rings. The van der Waals surface area contributed by atoms with Gasteiger partial charge in [-0.05, 0) is 19.9 Å². The summed E-state index contributed by atoms with van der Waals surface area (Å²) in [6.45, 7) is 5.08. The Morgan fingerprint density at radius 1 is 1.38 bits per heavy atom. The summed E-state index contributed by atoms with van der Waals surface area (Å²) in [5.74, 6) is -0.184. The molecule has 0 aliphatic heterocycles. The van der Waals surface area contributed by atoms with E-state index in [1.54, 1.807) is 13.8 Å². The van der Waals surface area contributed by atoms with E-state index in [2.05, 4.69) is 5.32 Å². The largest absolute Gasteiger partial charge is 0.466 e. The van der Waals surface area contributed by atoms with Crippen LogP contribution >= 0.6 is 0 Å². The van der Waals surface area contributed by atoms with Crippen molar-refractivity contribution in [3.63, 3.8) is 0 Å². The average Bonchev–Trinajstić information content (AvgIpc) is 2.28. The van der Waals surface area contributed by atoms with Crippen LogP contribution in [0, 0.1) is 5.41 Å². The summed E-state index contributed by atoms with van der Waals surface area (Å²) in [6.07, 6.45) is 1.10. The van der Waals surface area contributed by atoms with Gasteiger partial charge >= 0.3 is 5.97 Å². The van der Waals surface area contributed by atoms with Gasteiger partial charge in [0.1, 0.15) is 0 Å². The molecule has 0 spiro atoms. The van der Waals surface area contributed by atoms with Crippen molar-refractivity contribution in [3.8, 4) is 0 Å². The number of hydrogen-bond donors (Lipinski definition) is 3. The van der Waals surface area contributed by atoms with Crippen LogP contribution < -0.4 is 5.32 Å². The topological polar surface area (TPSA) is 78.8 Å². The van der Waals surface area contributed by atoms with Crippen LogP contribution in [-0.4, -0.2) is 49.1 Å². The molecule has 5 heteroatoms. The highest BCUT2D eigenvalue weighted by Crippen LogP contribution is 2.11. The molecule has 96 valence electrons. The summed E-state index contributed by atoms with van der Waals surface area (Å²) >= 11 is 0. The number of carbonyl (C=O) groups excluding carboxylic acids is 1. The van der Waals surface area contributed by atoms with Gasteiger partial charge in [-0.25, -0.2) is 0 Å². The van der Waals surface area contributed by atoms with E-state index < -0.39 is 5.41 Å². The number of hydrogen-bond acceptors (Lipinski definition) is 5. The first-order valence-electron chi connectivity index (χ1n) is 5.66. The van der Waals surface area contributed by atoms with Crippen LogP contribution in [0.25, 0.3) is 0 Å². The van der Waals surface area contributed by atoms with Gasteiger partial charge in [0, 0.05) is 18.4 Å². The molecule has 5 nitrogen and oxygen atoms in total. The fourth-order valence-corrected chi connectivity index (χ4v) is 1.14. The number of rotatable bonds is 9. The molecule has 0 aromatic heterocycles. The van der Waals surface area contributed by atoms with Gasteiger partial charge in [0.15, 0.2) is 0 Å². The highest BCUT2D eigenvalue weighted by molar-refractivity contribution is 5.69. The summed E-state index contributed by atoms with van der Waals surface area (Å²) in [5.41, 5.74) is -0.496. The van der Waals surface area contributed by atoms with Crippen molar-refractivity contribution < 1.29 is 19.7 Å². The number of aliphatic hydroxyl groups excluding tert-OH is 2. The lowest BCUT2D eigenvalue weighted by Gasteiger charge is -2.24. The van der Waals surface area contributed by atoms with Gasteiger partial charge < -0.3 is 20.3 Å². The Morgan fingerprint density at radius 3 is 2.50 bits per heavy atom. The smallest absolute Gasteiger partial charge is 0.305 e. The molecule has 0 bridgehead atoms. The second-order valence-electron chi connectivity index (χ2n) is 4.21. The van der Waals surface area contributed by atoms with Crippen molar-refractivity contribution in [2.75, 3.05) is 32.9 Å². The van der Waals surface area contributed by atoms with Gasteiger partial charge in [0.25, 0.3) is 0 Å². The van der Waals surface area contributed by atoms with E-state index in [0.717, 1.165) is 0 Å². The second-order valence-corrected chi connectivity index (χ2v) is 4.21. The SMILES string of the molecule is CCOC(=O)CCCNCC(C)(CO)CO. The average molecular weight is 233 g/mol. The molecule has 0 radical (unpaired) electrons. The Morgan fingerprint density at radius 2 is 2.00 bits per heavy atom. The van der Waals surface area contributed by atoms with Crippen molar-refractivity contribution in [2.45, 2.75) is 26.7 Å². The van der Waals surface area contributed by atoms with Gasteiger partial charge in [0.2, 0.25) is 0 Å². The molecule has 0 saturated heterocycles. The summed E-state index contributed by atoms with van der Waals surface area (Å²) in [6, 6.07) is 0. The molecule has 0 saturated carbocycles. The van der Waals surface area contributed by atoms with Gasteiger partial charge in [-0.2, -0.15) is 0 Å². The van der Waals surface area contributed by atoms with Crippen LogP contribution in [0.2, 0.25) is 0 Å². The molecule has 3 N–H and O–H groups in total. The monoisotopic (exact) mass is 233 g/mol. The molecule has 0 unspecified atom stereocenters. The molecule has 0 heterocycles. The fourth-order valence-electron chi connectivity index (χ4n) is 1.14. The molecule has 0 aromatic carbocycles. The van der Waals surface area contributed by atoms with Crippen LogP contribution in [-0.2, 0) is 9.53 Å². The van der Waals surface area contributed by atoms with E-state index in [1.165, 1.54) is 0 Å². The maximum atomic E-state index is 11.0. The zero-order valence-corrected chi connectivity index (χ0v) is 10.2. The molecule has 0 fully saturated rings. The Labute approximate surface area is 96.8 Å². The van der Waals surface area contributed by atoms with Crippen molar-refractivity contribution >= 4 is 5.97 Å². The summed E-state index contributed by atoms with van der Waals surface area (Å²) < 4.78 is 4.78. The van der Waals surface area contributed by atoms with E-state index in [0.29, 0.717) is 32.5 Å². The number of ether oxygens (including phenoxy) is 1. The minimum Gasteiger partial charge on any atom is -0.466 e. The van der Waals surface area contributed by atoms with E-state index in [4.69, 9.17) is 14.9 Å². The lowest BCUT2D eigenvalue weighted by molar-refractivity contribution is -0.143. The third-order valence-electron chi connectivity index (χ3n) is 2.35. The third-order valence-corrected chi connectivity index (χ3v) is 2.35. The maximum Gasteiger partial charge on any atom is 0.305 e. The van der Waals surface area contributed by atoms with Crippen LogP contribution in [0.1, 0.15) is 26.7 Å². The first kappa shape index (κ1) is 15.3. The lowest BCUT2D eigenvalue weighted by Crippen LogP contribution is -2.38. The molecule has 0 rings (SSSR count). The van der Waals surface area contributed by atoms with Crippen LogP contribution in [0.5, 0.6) is 0 Å². The van der Waals surface area contributed by atoms with Gasteiger partial charge in [-0.15, -0.1) is 0 Å². The number of esters is 1. The highest BCUT2D eigenvalue weighted by atomic mass is 16.5. The zero-order chi connectivity index (χ0) is 12.4. The summed E-state index contributed by atoms with van der Waals surface area (Å²) in [5, 5.41) is 21.1. The lowest BCUT2D eigenvalue weighted by atomic mass is 9.93. The Kier molecular flexibility index (Phi) is 8.15. The van der Waals surface area contributed by atoms with Crippen LogP contribution in [0.4, 0.5) is 0 Å². The van der Waals surface area contributed by atoms with E-state index in [-0.39, 0.29) is 19.2 Å². The number of carbonyl (C=O) groups is 1. The van der Waals surface area contributed by atoms with Crippen LogP contribution in [0.15, 0.2) is 0 Å². The van der Waals surface area contributed by atoms with E-state index in [1.807, 2.05) is 0 Å². The molecular weight excluding hydrogens is 210 g/mol. The van der Waals surface area contributed by atoms with Crippen molar-refractivity contribution in [2.24, 2.45) is 5.41 Å². The second kappa shape index (κ2) is 8.50. The molecular formula is C11H23NO4. The molecule has 0 atom stereocenters. The first-order chi connectivity index (χ1) is 7.58. The normalized spacial score (nSPS) is 11.5. The predicted molar refractivity (Wildman–Crippen MR) is 61.0 cm³/mol. The van der Waals surface area contributed by atoms with Crippen molar-refractivity contribution in [1.82, 2.24) is 5.32 Å². The van der Waals surface area contributed by atoms with E-state index in [9.17, 15) is 4.79 Å². The highest BCUT2D eigenvalue weighted by Gasteiger charge is 2.21. The third kappa shape index (κ3) is 6.76. The molecule has 0 amide bonds. The summed E-state index contributed by atoms with van der Waals surface area (Å²) in [7, 11) is 0. The van der Waals surface area contributed by atoms with Gasteiger partial charge in [-0.1, -0.05) is 6.92 Å². The van der Waals surface area contributed by atoms with Crippen LogP contribution in [0.3, 0.4) is 0 Å². The standard InChI is InChI=1S/C11H23NO4/c1-3-16-10(15)5-4-6-12-7-11(2,8-13)9-14/h12-14H,3-9H2,1-2H3. The summed E-state index contributed by atoms with van der Waals surface area (Å²) in [4.78, 5) is 11.0.